The lowest BCUT2D eigenvalue weighted by Crippen LogP contribution is -2.27. The predicted octanol–water partition coefficient (Wildman–Crippen LogP) is 3.32. The van der Waals surface area contributed by atoms with E-state index in [-0.39, 0.29) is 22.1 Å². The molecule has 0 bridgehead atoms. The smallest absolute Gasteiger partial charge is 0.296 e. The molecule has 0 spiro atoms. The third kappa shape index (κ3) is 3.75. The van der Waals surface area contributed by atoms with Gasteiger partial charge in [0.2, 0.25) is 0 Å². The Bertz CT molecular complexity index is 734. The number of nitro groups is 1. The summed E-state index contributed by atoms with van der Waals surface area (Å²) in [6, 6.07) is 7.34. The number of carbonyl (C=O) groups excluding carboxylic acids is 1. The van der Waals surface area contributed by atoms with Crippen LogP contribution in [-0.4, -0.2) is 29.5 Å². The summed E-state index contributed by atoms with van der Waals surface area (Å²) in [7, 11) is 1.46. The van der Waals surface area contributed by atoms with Crippen LogP contribution in [0.4, 0.5) is 11.4 Å². The highest BCUT2D eigenvalue weighted by molar-refractivity contribution is 6.29. The van der Waals surface area contributed by atoms with Crippen molar-refractivity contribution in [2.24, 2.45) is 0 Å². The van der Waals surface area contributed by atoms with Crippen LogP contribution in [0.25, 0.3) is 0 Å². The molecular formula is C15H14ClN3O4. The molecule has 2 aromatic rings. The van der Waals surface area contributed by atoms with E-state index >= 15 is 0 Å². The van der Waals surface area contributed by atoms with Gasteiger partial charge in [0.1, 0.15) is 16.6 Å². The maximum Gasteiger partial charge on any atom is 0.296 e. The van der Waals surface area contributed by atoms with Crippen LogP contribution in [-0.2, 0) is 0 Å². The maximum atomic E-state index is 12.4. The Hall–Kier alpha value is -2.67. The van der Waals surface area contributed by atoms with Crippen molar-refractivity contribution in [3.05, 3.63) is 57.4 Å². The fourth-order valence-corrected chi connectivity index (χ4v) is 2.11. The van der Waals surface area contributed by atoms with Gasteiger partial charge >= 0.3 is 0 Å². The first-order chi connectivity index (χ1) is 10.9. The number of hydrogen-bond donors (Lipinski definition) is 0. The zero-order valence-corrected chi connectivity index (χ0v) is 13.3. The van der Waals surface area contributed by atoms with E-state index in [4.69, 9.17) is 16.3 Å². The van der Waals surface area contributed by atoms with Gasteiger partial charge in [-0.05, 0) is 31.2 Å². The van der Waals surface area contributed by atoms with Gasteiger partial charge in [-0.1, -0.05) is 11.6 Å². The van der Waals surface area contributed by atoms with Crippen LogP contribution < -0.4 is 9.64 Å². The standard InChI is InChI=1S/C15H14ClN3O4/c1-3-23-11-5-6-12(13(8-11)19(21)22)18(2)15(20)10-4-7-14(16)17-9-10/h4-9H,3H2,1-2H3. The van der Waals surface area contributed by atoms with E-state index in [0.29, 0.717) is 12.4 Å². The normalized spacial score (nSPS) is 10.2. The number of pyridine rings is 1. The number of ether oxygens (including phenoxy) is 1. The van der Waals surface area contributed by atoms with E-state index in [1.807, 2.05) is 0 Å². The molecule has 120 valence electrons. The molecule has 0 unspecified atom stereocenters. The van der Waals surface area contributed by atoms with Crippen LogP contribution in [0, 0.1) is 10.1 Å². The molecule has 1 heterocycles. The number of carbonyl (C=O) groups is 1. The average Bonchev–Trinajstić information content (AvgIpc) is 2.54. The van der Waals surface area contributed by atoms with Crippen molar-refractivity contribution in [1.29, 1.82) is 0 Å². The van der Waals surface area contributed by atoms with Crippen molar-refractivity contribution in [1.82, 2.24) is 4.98 Å². The number of benzene rings is 1. The summed E-state index contributed by atoms with van der Waals surface area (Å²) in [5, 5.41) is 11.5. The minimum atomic E-state index is -0.554. The Morgan fingerprint density at radius 3 is 2.70 bits per heavy atom. The summed E-state index contributed by atoms with van der Waals surface area (Å²) in [6.07, 6.45) is 1.32. The second-order valence-electron chi connectivity index (χ2n) is 4.57. The Balaban J connectivity index is 2.37. The molecule has 0 aliphatic heterocycles. The quantitative estimate of drug-likeness (QED) is 0.475. The minimum Gasteiger partial charge on any atom is -0.494 e. The number of rotatable bonds is 5. The lowest BCUT2D eigenvalue weighted by Gasteiger charge is -2.17. The molecule has 1 aromatic heterocycles. The zero-order chi connectivity index (χ0) is 17.0. The van der Waals surface area contributed by atoms with Gasteiger partial charge in [0.25, 0.3) is 11.6 Å². The molecule has 0 saturated carbocycles. The highest BCUT2D eigenvalue weighted by Gasteiger charge is 2.23. The molecule has 1 amide bonds. The van der Waals surface area contributed by atoms with Crippen molar-refractivity contribution >= 4 is 28.9 Å². The summed E-state index contributed by atoms with van der Waals surface area (Å²) < 4.78 is 5.26. The monoisotopic (exact) mass is 335 g/mol. The second kappa shape index (κ2) is 7.06. The first kappa shape index (κ1) is 16.7. The first-order valence-corrected chi connectivity index (χ1v) is 7.12. The van der Waals surface area contributed by atoms with Gasteiger partial charge in [-0.3, -0.25) is 14.9 Å². The van der Waals surface area contributed by atoms with Crippen molar-refractivity contribution < 1.29 is 14.5 Å². The summed E-state index contributed by atoms with van der Waals surface area (Å²) in [5.41, 5.74) is 0.229. The second-order valence-corrected chi connectivity index (χ2v) is 4.96. The third-order valence-electron chi connectivity index (χ3n) is 3.09. The molecule has 0 aliphatic rings. The number of hydrogen-bond acceptors (Lipinski definition) is 5. The van der Waals surface area contributed by atoms with Gasteiger partial charge in [0, 0.05) is 13.2 Å². The molecule has 2 rings (SSSR count). The molecule has 7 nitrogen and oxygen atoms in total. The Labute approximate surface area is 137 Å². The van der Waals surface area contributed by atoms with Crippen molar-refractivity contribution in [2.75, 3.05) is 18.6 Å². The summed E-state index contributed by atoms with van der Waals surface area (Å²) >= 11 is 5.69. The van der Waals surface area contributed by atoms with Crippen LogP contribution >= 0.6 is 11.6 Å². The molecule has 1 aromatic carbocycles. The molecule has 0 N–H and O–H groups in total. The minimum absolute atomic E-state index is 0.165. The van der Waals surface area contributed by atoms with Crippen LogP contribution in [0.15, 0.2) is 36.5 Å². The molecule has 23 heavy (non-hydrogen) atoms. The number of nitrogens with zero attached hydrogens (tertiary/aromatic N) is 3. The van der Waals surface area contributed by atoms with Gasteiger partial charge in [-0.2, -0.15) is 0 Å². The molecule has 0 saturated heterocycles. The molecule has 0 fully saturated rings. The van der Waals surface area contributed by atoms with Crippen LogP contribution in [0.2, 0.25) is 5.15 Å². The van der Waals surface area contributed by atoms with Crippen LogP contribution in [0.3, 0.4) is 0 Å². The lowest BCUT2D eigenvalue weighted by molar-refractivity contribution is -0.384. The van der Waals surface area contributed by atoms with Gasteiger partial charge in [0.15, 0.2) is 0 Å². The number of nitro benzene ring substituents is 1. The number of aromatic nitrogens is 1. The lowest BCUT2D eigenvalue weighted by atomic mass is 10.2. The Morgan fingerprint density at radius 1 is 1.39 bits per heavy atom. The molecule has 0 aliphatic carbocycles. The first-order valence-electron chi connectivity index (χ1n) is 6.75. The summed E-state index contributed by atoms with van der Waals surface area (Å²) in [6.45, 7) is 2.17. The molecule has 0 radical (unpaired) electrons. The number of amides is 1. The largest absolute Gasteiger partial charge is 0.494 e. The zero-order valence-electron chi connectivity index (χ0n) is 12.5. The fourth-order valence-electron chi connectivity index (χ4n) is 1.99. The van der Waals surface area contributed by atoms with E-state index < -0.39 is 10.8 Å². The third-order valence-corrected chi connectivity index (χ3v) is 3.32. The summed E-state index contributed by atoms with van der Waals surface area (Å²) in [4.78, 5) is 28.2. The Morgan fingerprint density at radius 2 is 2.13 bits per heavy atom. The van der Waals surface area contributed by atoms with Crippen molar-refractivity contribution in [3.63, 3.8) is 0 Å². The van der Waals surface area contributed by atoms with Crippen LogP contribution in [0.5, 0.6) is 5.75 Å². The van der Waals surface area contributed by atoms with E-state index in [2.05, 4.69) is 4.98 Å². The summed E-state index contributed by atoms with van der Waals surface area (Å²) in [5.74, 6) is -0.0571. The molecule has 0 atom stereocenters. The highest BCUT2D eigenvalue weighted by Crippen LogP contribution is 2.32. The van der Waals surface area contributed by atoms with Gasteiger partial charge in [-0.25, -0.2) is 4.98 Å². The van der Waals surface area contributed by atoms with Crippen molar-refractivity contribution in [2.45, 2.75) is 6.92 Å². The fraction of sp³-hybridized carbons (Fsp3) is 0.200. The van der Waals surface area contributed by atoms with Gasteiger partial charge in [0.05, 0.1) is 23.2 Å². The highest BCUT2D eigenvalue weighted by atomic mass is 35.5. The molecule has 8 heteroatoms. The Kier molecular flexibility index (Phi) is 5.13. The van der Waals surface area contributed by atoms with Gasteiger partial charge < -0.3 is 9.64 Å². The number of anilines is 1. The van der Waals surface area contributed by atoms with E-state index in [0.717, 1.165) is 0 Å². The van der Waals surface area contributed by atoms with Crippen molar-refractivity contribution in [3.8, 4) is 5.75 Å². The van der Waals surface area contributed by atoms with Crippen LogP contribution in [0.1, 0.15) is 17.3 Å². The van der Waals surface area contributed by atoms with E-state index in [9.17, 15) is 14.9 Å². The molecular weight excluding hydrogens is 322 g/mol. The topological polar surface area (TPSA) is 85.6 Å². The maximum absolute atomic E-state index is 12.4. The van der Waals surface area contributed by atoms with Gasteiger partial charge in [-0.15, -0.1) is 0 Å². The SMILES string of the molecule is CCOc1ccc(N(C)C(=O)c2ccc(Cl)nc2)c([N+](=O)[O-])c1. The number of halogens is 1. The predicted molar refractivity (Wildman–Crippen MR) is 86.2 cm³/mol. The average molecular weight is 336 g/mol. The van der Waals surface area contributed by atoms with E-state index in [1.165, 1.54) is 42.4 Å². The van der Waals surface area contributed by atoms with E-state index in [1.54, 1.807) is 13.0 Å².